The fraction of sp³-hybridized carbons (Fsp3) is 0.158. The Kier molecular flexibility index (Phi) is 4.52. The minimum atomic E-state index is 0.222. The van der Waals surface area contributed by atoms with Crippen LogP contribution in [0.1, 0.15) is 5.56 Å². The number of hydrogen-bond acceptors (Lipinski definition) is 7. The van der Waals surface area contributed by atoms with Crippen LogP contribution in [-0.2, 0) is 6.61 Å². The van der Waals surface area contributed by atoms with E-state index in [9.17, 15) is 0 Å². The van der Waals surface area contributed by atoms with Gasteiger partial charge in [0, 0.05) is 24.7 Å². The first kappa shape index (κ1) is 16.8. The van der Waals surface area contributed by atoms with Crippen molar-refractivity contribution in [2.45, 2.75) is 6.61 Å². The Morgan fingerprint density at radius 2 is 1.89 bits per heavy atom. The molecule has 0 aliphatic rings. The van der Waals surface area contributed by atoms with Gasteiger partial charge in [0.1, 0.15) is 12.3 Å². The van der Waals surface area contributed by atoms with E-state index in [0.717, 1.165) is 5.56 Å². The number of imidazole rings is 1. The van der Waals surface area contributed by atoms with E-state index in [2.05, 4.69) is 20.1 Å². The van der Waals surface area contributed by atoms with Crippen LogP contribution in [0.5, 0.6) is 17.6 Å². The van der Waals surface area contributed by atoms with Crippen LogP contribution >= 0.6 is 0 Å². The summed E-state index contributed by atoms with van der Waals surface area (Å²) in [6.45, 7) is 0.420. The highest BCUT2D eigenvalue weighted by Gasteiger charge is 2.16. The zero-order valence-corrected chi connectivity index (χ0v) is 14.9. The second-order valence-electron chi connectivity index (χ2n) is 5.64. The van der Waals surface area contributed by atoms with Gasteiger partial charge < -0.3 is 14.2 Å². The molecule has 3 aromatic heterocycles. The van der Waals surface area contributed by atoms with Gasteiger partial charge in [-0.1, -0.05) is 30.3 Å². The summed E-state index contributed by atoms with van der Waals surface area (Å²) in [7, 11) is 3.04. The Morgan fingerprint density at radius 1 is 1.04 bits per heavy atom. The van der Waals surface area contributed by atoms with Crippen molar-refractivity contribution in [3.05, 3.63) is 60.6 Å². The molecule has 136 valence electrons. The van der Waals surface area contributed by atoms with Gasteiger partial charge in [-0.05, 0) is 5.56 Å². The van der Waals surface area contributed by atoms with Gasteiger partial charge in [0.25, 0.3) is 0 Å². The summed E-state index contributed by atoms with van der Waals surface area (Å²) < 4.78 is 18.1. The summed E-state index contributed by atoms with van der Waals surface area (Å²) in [5.41, 5.74) is 2.91. The summed E-state index contributed by atoms with van der Waals surface area (Å²) in [4.78, 5) is 12.7. The van der Waals surface area contributed by atoms with Crippen molar-refractivity contribution in [3.63, 3.8) is 0 Å². The molecular weight excluding hydrogens is 346 g/mol. The SMILES string of the molecule is COc1ncc(-c2cc(OCc3ccccc3)c3nccn3n2)c(OC)n1. The smallest absolute Gasteiger partial charge is 0.319 e. The average molecular weight is 363 g/mol. The van der Waals surface area contributed by atoms with E-state index in [4.69, 9.17) is 14.2 Å². The Balaban J connectivity index is 1.74. The number of hydrogen-bond donors (Lipinski definition) is 0. The Labute approximate surface area is 155 Å². The molecule has 8 nitrogen and oxygen atoms in total. The molecule has 8 heteroatoms. The Bertz CT molecular complexity index is 1070. The lowest BCUT2D eigenvalue weighted by molar-refractivity contribution is 0.307. The number of fused-ring (bicyclic) bond motifs is 1. The highest BCUT2D eigenvalue weighted by Crippen LogP contribution is 2.31. The largest absolute Gasteiger partial charge is 0.485 e. The molecule has 0 saturated heterocycles. The second kappa shape index (κ2) is 7.28. The van der Waals surface area contributed by atoms with Gasteiger partial charge in [-0.2, -0.15) is 10.1 Å². The van der Waals surface area contributed by atoms with Gasteiger partial charge in [0.2, 0.25) is 5.88 Å². The molecule has 0 aliphatic heterocycles. The average Bonchev–Trinajstić information content (AvgIpc) is 3.21. The first-order chi connectivity index (χ1) is 13.3. The molecule has 0 N–H and O–H groups in total. The second-order valence-corrected chi connectivity index (χ2v) is 5.64. The molecular formula is C19H17N5O3. The molecule has 0 aliphatic carbocycles. The highest BCUT2D eigenvalue weighted by atomic mass is 16.5. The van der Waals surface area contributed by atoms with Crippen LogP contribution in [0.2, 0.25) is 0 Å². The molecule has 0 spiro atoms. The highest BCUT2D eigenvalue weighted by molar-refractivity contribution is 5.68. The summed E-state index contributed by atoms with van der Waals surface area (Å²) in [5, 5.41) is 4.56. The van der Waals surface area contributed by atoms with Crippen LogP contribution in [0.15, 0.2) is 55.0 Å². The van der Waals surface area contributed by atoms with E-state index >= 15 is 0 Å². The summed E-state index contributed by atoms with van der Waals surface area (Å²) in [5.74, 6) is 0.967. The summed E-state index contributed by atoms with van der Waals surface area (Å²) in [6.07, 6.45) is 5.03. The van der Waals surface area contributed by atoms with E-state index in [1.54, 1.807) is 29.2 Å². The standard InChI is InChI=1S/C19H17N5O3/c1-25-18-14(11-21-19(22-18)26-2)15-10-16(17-20-8-9-24(17)23-15)27-12-13-6-4-3-5-7-13/h3-11H,12H2,1-2H3. The number of rotatable bonds is 6. The molecule has 0 amide bonds. The lowest BCUT2D eigenvalue weighted by atomic mass is 10.2. The Hall–Kier alpha value is -3.68. The van der Waals surface area contributed by atoms with E-state index in [0.29, 0.717) is 35.1 Å². The number of methoxy groups -OCH3 is 2. The molecule has 27 heavy (non-hydrogen) atoms. The predicted octanol–water partition coefficient (Wildman–Crippen LogP) is 2.78. The summed E-state index contributed by atoms with van der Waals surface area (Å²) >= 11 is 0. The normalized spacial score (nSPS) is 10.7. The zero-order chi connectivity index (χ0) is 18.6. The third kappa shape index (κ3) is 3.37. The number of nitrogens with zero attached hydrogens (tertiary/aromatic N) is 5. The predicted molar refractivity (Wildman–Crippen MR) is 97.9 cm³/mol. The molecule has 0 saturated carbocycles. The molecule has 0 bridgehead atoms. The van der Waals surface area contributed by atoms with E-state index in [1.807, 2.05) is 30.3 Å². The first-order valence-corrected chi connectivity index (χ1v) is 8.25. The van der Waals surface area contributed by atoms with Crippen LogP contribution in [0, 0.1) is 0 Å². The molecule has 0 unspecified atom stereocenters. The lowest BCUT2D eigenvalue weighted by Crippen LogP contribution is -2.03. The zero-order valence-electron chi connectivity index (χ0n) is 14.9. The van der Waals surface area contributed by atoms with Crippen molar-refractivity contribution < 1.29 is 14.2 Å². The fourth-order valence-corrected chi connectivity index (χ4v) is 2.64. The van der Waals surface area contributed by atoms with Crippen molar-refractivity contribution in [3.8, 4) is 28.9 Å². The lowest BCUT2D eigenvalue weighted by Gasteiger charge is -2.11. The molecule has 4 aromatic rings. The minimum Gasteiger partial charge on any atom is -0.485 e. The number of benzene rings is 1. The van der Waals surface area contributed by atoms with Crippen molar-refractivity contribution in [2.75, 3.05) is 14.2 Å². The minimum absolute atomic E-state index is 0.222. The van der Waals surface area contributed by atoms with Gasteiger partial charge in [0.05, 0.1) is 19.8 Å². The molecule has 0 fully saturated rings. The topological polar surface area (TPSA) is 83.7 Å². The molecule has 0 radical (unpaired) electrons. The molecule has 0 atom stereocenters. The molecule has 4 rings (SSSR count). The van der Waals surface area contributed by atoms with Crippen molar-refractivity contribution in [1.82, 2.24) is 24.6 Å². The van der Waals surface area contributed by atoms with Crippen LogP contribution in [0.25, 0.3) is 16.9 Å². The van der Waals surface area contributed by atoms with E-state index < -0.39 is 0 Å². The van der Waals surface area contributed by atoms with E-state index in [1.165, 1.54) is 14.2 Å². The van der Waals surface area contributed by atoms with Crippen LogP contribution in [-0.4, -0.2) is 38.8 Å². The van der Waals surface area contributed by atoms with Gasteiger partial charge in [0.15, 0.2) is 11.4 Å². The van der Waals surface area contributed by atoms with Gasteiger partial charge in [-0.25, -0.2) is 14.5 Å². The maximum absolute atomic E-state index is 6.01. The summed E-state index contributed by atoms with van der Waals surface area (Å²) in [6, 6.07) is 12.0. The van der Waals surface area contributed by atoms with Gasteiger partial charge in [-0.15, -0.1) is 0 Å². The van der Waals surface area contributed by atoms with Gasteiger partial charge >= 0.3 is 6.01 Å². The Morgan fingerprint density at radius 3 is 2.67 bits per heavy atom. The van der Waals surface area contributed by atoms with Crippen molar-refractivity contribution in [2.24, 2.45) is 0 Å². The van der Waals surface area contributed by atoms with Crippen LogP contribution in [0.3, 0.4) is 0 Å². The number of aromatic nitrogens is 5. The van der Waals surface area contributed by atoms with Crippen LogP contribution < -0.4 is 14.2 Å². The van der Waals surface area contributed by atoms with Crippen LogP contribution in [0.4, 0.5) is 0 Å². The molecule has 3 heterocycles. The monoisotopic (exact) mass is 363 g/mol. The number of ether oxygens (including phenoxy) is 3. The first-order valence-electron chi connectivity index (χ1n) is 8.25. The van der Waals surface area contributed by atoms with Crippen molar-refractivity contribution in [1.29, 1.82) is 0 Å². The fourth-order valence-electron chi connectivity index (χ4n) is 2.64. The van der Waals surface area contributed by atoms with E-state index in [-0.39, 0.29) is 6.01 Å². The third-order valence-corrected chi connectivity index (χ3v) is 3.95. The third-order valence-electron chi connectivity index (χ3n) is 3.95. The molecule has 1 aromatic carbocycles. The quantitative estimate of drug-likeness (QED) is 0.521. The van der Waals surface area contributed by atoms with Gasteiger partial charge in [-0.3, -0.25) is 0 Å². The van der Waals surface area contributed by atoms with Crippen molar-refractivity contribution >= 4 is 5.65 Å². The maximum Gasteiger partial charge on any atom is 0.319 e. The maximum atomic E-state index is 6.01.